The molecule has 0 bridgehead atoms. The standard InChI is InChI=1S/C13H21BrN2S/c1-3-16(8-11-5-4-6-15-11)9-12-7-13(14)10(2)17-12/h7,11,15H,3-6,8-9H2,1-2H3. The van der Waals surface area contributed by atoms with Crippen LogP contribution in [0.25, 0.3) is 0 Å². The van der Waals surface area contributed by atoms with Crippen LogP contribution in [0.2, 0.25) is 0 Å². The molecule has 0 amide bonds. The zero-order valence-electron chi connectivity index (χ0n) is 10.6. The van der Waals surface area contributed by atoms with E-state index in [0.29, 0.717) is 6.04 Å². The van der Waals surface area contributed by atoms with Crippen molar-refractivity contribution in [2.45, 2.75) is 39.3 Å². The predicted molar refractivity (Wildman–Crippen MR) is 78.7 cm³/mol. The maximum atomic E-state index is 3.60. The van der Waals surface area contributed by atoms with Crippen LogP contribution in [0, 0.1) is 6.92 Å². The van der Waals surface area contributed by atoms with Crippen LogP contribution in [0.3, 0.4) is 0 Å². The molecule has 1 unspecified atom stereocenters. The summed E-state index contributed by atoms with van der Waals surface area (Å²) in [4.78, 5) is 5.39. The molecule has 1 saturated heterocycles. The molecule has 1 aromatic rings. The van der Waals surface area contributed by atoms with Crippen LogP contribution >= 0.6 is 27.3 Å². The smallest absolute Gasteiger partial charge is 0.0328 e. The van der Waals surface area contributed by atoms with Crippen LogP contribution in [-0.4, -0.2) is 30.6 Å². The van der Waals surface area contributed by atoms with Crippen molar-refractivity contribution in [1.29, 1.82) is 0 Å². The van der Waals surface area contributed by atoms with Gasteiger partial charge in [0.05, 0.1) is 0 Å². The van der Waals surface area contributed by atoms with Crippen LogP contribution in [0.1, 0.15) is 29.5 Å². The number of aryl methyl sites for hydroxylation is 1. The van der Waals surface area contributed by atoms with Gasteiger partial charge in [-0.2, -0.15) is 0 Å². The van der Waals surface area contributed by atoms with E-state index in [1.54, 1.807) is 0 Å². The van der Waals surface area contributed by atoms with Crippen molar-refractivity contribution in [2.75, 3.05) is 19.6 Å². The van der Waals surface area contributed by atoms with Gasteiger partial charge in [-0.05, 0) is 54.9 Å². The third-order valence-electron chi connectivity index (χ3n) is 3.38. The van der Waals surface area contributed by atoms with Crippen molar-refractivity contribution < 1.29 is 0 Å². The maximum Gasteiger partial charge on any atom is 0.0328 e. The highest BCUT2D eigenvalue weighted by Crippen LogP contribution is 2.27. The van der Waals surface area contributed by atoms with E-state index in [-0.39, 0.29) is 0 Å². The Morgan fingerprint density at radius 3 is 2.94 bits per heavy atom. The van der Waals surface area contributed by atoms with Gasteiger partial charge in [0.15, 0.2) is 0 Å². The van der Waals surface area contributed by atoms with Crippen molar-refractivity contribution >= 4 is 27.3 Å². The summed E-state index contributed by atoms with van der Waals surface area (Å²) in [6, 6.07) is 2.98. The topological polar surface area (TPSA) is 15.3 Å². The van der Waals surface area contributed by atoms with Gasteiger partial charge in [0, 0.05) is 33.4 Å². The monoisotopic (exact) mass is 316 g/mol. The van der Waals surface area contributed by atoms with Gasteiger partial charge in [-0.15, -0.1) is 11.3 Å². The molecule has 96 valence electrons. The minimum Gasteiger partial charge on any atom is -0.313 e. The Kier molecular flexibility index (Phi) is 5.03. The second-order valence-corrected chi connectivity index (χ2v) is 6.93. The Balaban J connectivity index is 1.89. The molecule has 0 spiro atoms. The zero-order valence-corrected chi connectivity index (χ0v) is 13.0. The van der Waals surface area contributed by atoms with E-state index in [0.717, 1.165) is 13.1 Å². The summed E-state index contributed by atoms with van der Waals surface area (Å²) >= 11 is 5.50. The predicted octanol–water partition coefficient (Wildman–Crippen LogP) is 3.39. The Bertz CT molecular complexity index is 339. The molecule has 1 atom stereocenters. The molecule has 0 saturated carbocycles. The van der Waals surface area contributed by atoms with Crippen LogP contribution < -0.4 is 5.32 Å². The summed E-state index contributed by atoms with van der Waals surface area (Å²) in [5, 5.41) is 3.58. The lowest BCUT2D eigenvalue weighted by molar-refractivity contribution is 0.255. The van der Waals surface area contributed by atoms with Crippen molar-refractivity contribution in [3.8, 4) is 0 Å². The molecule has 2 nitrogen and oxygen atoms in total. The van der Waals surface area contributed by atoms with E-state index >= 15 is 0 Å². The van der Waals surface area contributed by atoms with Gasteiger partial charge in [0.25, 0.3) is 0 Å². The van der Waals surface area contributed by atoms with Gasteiger partial charge >= 0.3 is 0 Å². The minimum absolute atomic E-state index is 0.708. The van der Waals surface area contributed by atoms with Gasteiger partial charge in [-0.3, -0.25) is 4.90 Å². The lowest BCUT2D eigenvalue weighted by atomic mass is 10.2. The number of rotatable bonds is 5. The number of thiophene rings is 1. The molecular weight excluding hydrogens is 296 g/mol. The molecule has 1 fully saturated rings. The number of nitrogens with one attached hydrogen (secondary N) is 1. The van der Waals surface area contributed by atoms with Gasteiger partial charge in [0.1, 0.15) is 0 Å². The van der Waals surface area contributed by atoms with Crippen molar-refractivity contribution in [1.82, 2.24) is 10.2 Å². The average Bonchev–Trinajstić information content (AvgIpc) is 2.89. The number of nitrogens with zero attached hydrogens (tertiary/aromatic N) is 1. The summed E-state index contributed by atoms with van der Waals surface area (Å²) < 4.78 is 1.26. The third kappa shape index (κ3) is 3.78. The first kappa shape index (κ1) is 13.5. The first-order chi connectivity index (χ1) is 8.19. The second-order valence-electron chi connectivity index (χ2n) is 4.74. The SMILES string of the molecule is CCN(Cc1cc(Br)c(C)s1)CC1CCCN1. The summed E-state index contributed by atoms with van der Waals surface area (Å²) in [7, 11) is 0. The van der Waals surface area contributed by atoms with Crippen LogP contribution in [-0.2, 0) is 6.54 Å². The van der Waals surface area contributed by atoms with Crippen molar-refractivity contribution in [2.24, 2.45) is 0 Å². The molecular formula is C13H21BrN2S. The van der Waals surface area contributed by atoms with E-state index in [4.69, 9.17) is 0 Å². The Morgan fingerprint density at radius 1 is 1.59 bits per heavy atom. The normalized spacial score (nSPS) is 20.4. The molecule has 0 aromatic carbocycles. The largest absolute Gasteiger partial charge is 0.313 e. The minimum atomic E-state index is 0.708. The molecule has 1 aliphatic heterocycles. The van der Waals surface area contributed by atoms with E-state index in [1.807, 2.05) is 11.3 Å². The Labute approximate surface area is 117 Å². The quantitative estimate of drug-likeness (QED) is 0.895. The summed E-state index contributed by atoms with van der Waals surface area (Å²) in [5.74, 6) is 0. The first-order valence-electron chi connectivity index (χ1n) is 6.39. The van der Waals surface area contributed by atoms with E-state index in [1.165, 1.54) is 40.2 Å². The van der Waals surface area contributed by atoms with Gasteiger partial charge in [0.2, 0.25) is 0 Å². The first-order valence-corrected chi connectivity index (χ1v) is 8.00. The lowest BCUT2D eigenvalue weighted by Crippen LogP contribution is -2.36. The number of hydrogen-bond donors (Lipinski definition) is 1. The summed E-state index contributed by atoms with van der Waals surface area (Å²) in [5.41, 5.74) is 0. The van der Waals surface area contributed by atoms with E-state index in [9.17, 15) is 0 Å². The molecule has 0 aliphatic carbocycles. The maximum absolute atomic E-state index is 3.60. The molecule has 0 radical (unpaired) electrons. The Morgan fingerprint density at radius 2 is 2.41 bits per heavy atom. The van der Waals surface area contributed by atoms with Crippen molar-refractivity contribution in [3.05, 3.63) is 20.3 Å². The van der Waals surface area contributed by atoms with Gasteiger partial charge < -0.3 is 5.32 Å². The average molecular weight is 317 g/mol. The highest BCUT2D eigenvalue weighted by Gasteiger charge is 2.17. The Hall–Kier alpha value is 0.1000. The van der Waals surface area contributed by atoms with Gasteiger partial charge in [-0.1, -0.05) is 6.92 Å². The lowest BCUT2D eigenvalue weighted by Gasteiger charge is -2.23. The van der Waals surface area contributed by atoms with E-state index in [2.05, 4.69) is 46.1 Å². The number of halogens is 1. The number of hydrogen-bond acceptors (Lipinski definition) is 3. The summed E-state index contributed by atoms with van der Waals surface area (Å²) in [6.45, 7) is 9.03. The molecule has 2 rings (SSSR count). The van der Waals surface area contributed by atoms with Crippen LogP contribution in [0.4, 0.5) is 0 Å². The van der Waals surface area contributed by atoms with Crippen LogP contribution in [0.5, 0.6) is 0 Å². The molecule has 4 heteroatoms. The fraction of sp³-hybridized carbons (Fsp3) is 0.692. The fourth-order valence-electron chi connectivity index (χ4n) is 2.35. The molecule has 1 aliphatic rings. The highest BCUT2D eigenvalue weighted by atomic mass is 79.9. The second kappa shape index (κ2) is 6.32. The summed E-state index contributed by atoms with van der Waals surface area (Å²) in [6.07, 6.45) is 2.68. The van der Waals surface area contributed by atoms with Crippen LogP contribution in [0.15, 0.2) is 10.5 Å². The van der Waals surface area contributed by atoms with E-state index < -0.39 is 0 Å². The molecule has 1 aromatic heterocycles. The highest BCUT2D eigenvalue weighted by molar-refractivity contribution is 9.10. The molecule has 17 heavy (non-hydrogen) atoms. The number of likely N-dealkylation sites (N-methyl/N-ethyl adjacent to an activating group) is 1. The molecule has 2 heterocycles. The zero-order chi connectivity index (χ0) is 12.3. The van der Waals surface area contributed by atoms with Crippen molar-refractivity contribution in [3.63, 3.8) is 0 Å². The fourth-order valence-corrected chi connectivity index (χ4v) is 3.99. The third-order valence-corrected chi connectivity index (χ3v) is 5.50. The molecule has 1 N–H and O–H groups in total. The van der Waals surface area contributed by atoms with Gasteiger partial charge in [-0.25, -0.2) is 0 Å².